The summed E-state index contributed by atoms with van der Waals surface area (Å²) in [5, 5.41) is 2.88. The van der Waals surface area contributed by atoms with Crippen molar-refractivity contribution >= 4 is 27.3 Å². The Kier molecular flexibility index (Phi) is 5.56. The van der Waals surface area contributed by atoms with Crippen LogP contribution in [0.25, 0.3) is 0 Å². The number of hydrogen-bond acceptors (Lipinski definition) is 5. The van der Waals surface area contributed by atoms with Gasteiger partial charge in [0.05, 0.1) is 22.8 Å². The summed E-state index contributed by atoms with van der Waals surface area (Å²) < 4.78 is 25.3. The number of anilines is 2. The van der Waals surface area contributed by atoms with Gasteiger partial charge in [-0.25, -0.2) is 12.7 Å². The van der Waals surface area contributed by atoms with Crippen LogP contribution in [0.1, 0.15) is 6.92 Å². The highest BCUT2D eigenvalue weighted by Gasteiger charge is 2.18. The van der Waals surface area contributed by atoms with E-state index in [1.54, 1.807) is 11.9 Å². The van der Waals surface area contributed by atoms with E-state index in [0.29, 0.717) is 17.9 Å². The molecule has 0 unspecified atom stereocenters. The largest absolute Gasteiger partial charge is 0.397 e. The Bertz CT molecular complexity index is 614. The molecule has 1 aromatic rings. The zero-order chi connectivity index (χ0) is 16.2. The summed E-state index contributed by atoms with van der Waals surface area (Å²) in [5.74, 6) is -0.0993. The van der Waals surface area contributed by atoms with Crippen LogP contribution in [0, 0.1) is 0 Å². The minimum absolute atomic E-state index is 0.0556. The zero-order valence-corrected chi connectivity index (χ0v) is 13.6. The second kappa shape index (κ2) is 6.77. The lowest BCUT2D eigenvalue weighted by Crippen LogP contribution is -2.32. The van der Waals surface area contributed by atoms with Crippen molar-refractivity contribution in [3.8, 4) is 0 Å². The summed E-state index contributed by atoms with van der Waals surface area (Å²) in [6, 6.07) is 4.38. The number of benzene rings is 1. The maximum absolute atomic E-state index is 12.1. The molecule has 0 aromatic heterocycles. The maximum atomic E-state index is 12.1. The van der Waals surface area contributed by atoms with Crippen molar-refractivity contribution < 1.29 is 13.2 Å². The molecule has 7 nitrogen and oxygen atoms in total. The first-order valence-corrected chi connectivity index (χ1v) is 7.94. The van der Waals surface area contributed by atoms with Crippen LogP contribution in [0.5, 0.6) is 0 Å². The number of nitrogens with zero attached hydrogens (tertiary/aromatic N) is 2. The molecule has 0 radical (unpaired) electrons. The van der Waals surface area contributed by atoms with Gasteiger partial charge in [-0.1, -0.05) is 0 Å². The number of carbonyl (C=O) groups excluding carboxylic acids is 1. The van der Waals surface area contributed by atoms with Crippen LogP contribution in [-0.4, -0.2) is 57.8 Å². The van der Waals surface area contributed by atoms with Gasteiger partial charge in [-0.2, -0.15) is 0 Å². The van der Waals surface area contributed by atoms with Gasteiger partial charge in [0.1, 0.15) is 0 Å². The number of nitrogens with two attached hydrogens (primary N) is 1. The molecule has 1 amide bonds. The van der Waals surface area contributed by atoms with Crippen molar-refractivity contribution in [2.75, 3.05) is 45.3 Å². The van der Waals surface area contributed by atoms with Crippen molar-refractivity contribution in [2.45, 2.75) is 11.8 Å². The fourth-order valence-electron chi connectivity index (χ4n) is 1.54. The number of amides is 1. The number of hydrogen-bond donors (Lipinski definition) is 2. The second-order valence-electron chi connectivity index (χ2n) is 4.80. The molecule has 1 aromatic carbocycles. The van der Waals surface area contributed by atoms with E-state index in [1.807, 2.05) is 6.92 Å². The Labute approximate surface area is 125 Å². The summed E-state index contributed by atoms with van der Waals surface area (Å²) in [4.78, 5) is 13.4. The van der Waals surface area contributed by atoms with Gasteiger partial charge >= 0.3 is 0 Å². The van der Waals surface area contributed by atoms with Crippen LogP contribution >= 0.6 is 0 Å². The van der Waals surface area contributed by atoms with E-state index in [1.165, 1.54) is 32.3 Å². The SMILES string of the molecule is CCN(C)C(=O)CNc1cc(S(=O)(=O)N(C)C)ccc1N. The number of nitrogens with one attached hydrogen (secondary N) is 1. The van der Waals surface area contributed by atoms with Gasteiger partial charge in [0.2, 0.25) is 15.9 Å². The molecule has 118 valence electrons. The van der Waals surface area contributed by atoms with E-state index in [9.17, 15) is 13.2 Å². The second-order valence-corrected chi connectivity index (χ2v) is 6.95. The van der Waals surface area contributed by atoms with Crippen molar-refractivity contribution in [3.05, 3.63) is 18.2 Å². The third-order valence-electron chi connectivity index (χ3n) is 3.13. The number of likely N-dealkylation sites (N-methyl/N-ethyl adjacent to an activating group) is 1. The summed E-state index contributed by atoms with van der Waals surface area (Å²) in [5.41, 5.74) is 6.62. The third-order valence-corrected chi connectivity index (χ3v) is 4.94. The first kappa shape index (κ1) is 17.3. The fraction of sp³-hybridized carbons (Fsp3) is 0.462. The van der Waals surface area contributed by atoms with Crippen LogP contribution in [0.2, 0.25) is 0 Å². The average molecular weight is 314 g/mol. The number of sulfonamides is 1. The molecule has 21 heavy (non-hydrogen) atoms. The lowest BCUT2D eigenvalue weighted by molar-refractivity contribution is -0.127. The van der Waals surface area contributed by atoms with Gasteiger partial charge in [-0.3, -0.25) is 4.79 Å². The molecule has 0 saturated carbocycles. The normalized spacial score (nSPS) is 11.5. The summed E-state index contributed by atoms with van der Waals surface area (Å²) in [7, 11) is 1.08. The smallest absolute Gasteiger partial charge is 0.242 e. The standard InChI is InChI=1S/C13H22N4O3S/c1-5-17(4)13(18)9-15-12-8-10(6-7-11(12)14)21(19,20)16(2)3/h6-8,15H,5,9,14H2,1-4H3. The van der Waals surface area contributed by atoms with E-state index in [0.717, 1.165) is 4.31 Å². The topological polar surface area (TPSA) is 95.7 Å². The molecule has 8 heteroatoms. The van der Waals surface area contributed by atoms with Crippen molar-refractivity contribution in [2.24, 2.45) is 0 Å². The van der Waals surface area contributed by atoms with Crippen LogP contribution in [0.4, 0.5) is 11.4 Å². The fourth-order valence-corrected chi connectivity index (χ4v) is 2.47. The van der Waals surface area contributed by atoms with Gasteiger partial charge < -0.3 is 16.0 Å². The zero-order valence-electron chi connectivity index (χ0n) is 12.8. The molecular formula is C13H22N4O3S. The molecular weight excluding hydrogens is 292 g/mol. The molecule has 1 rings (SSSR count). The molecule has 0 aliphatic rings. The number of rotatable bonds is 6. The third kappa shape index (κ3) is 4.08. The lowest BCUT2D eigenvalue weighted by atomic mass is 10.2. The predicted molar refractivity (Wildman–Crippen MR) is 83.5 cm³/mol. The highest BCUT2D eigenvalue weighted by Crippen LogP contribution is 2.24. The van der Waals surface area contributed by atoms with E-state index >= 15 is 0 Å². The molecule has 0 aliphatic carbocycles. The van der Waals surface area contributed by atoms with Crippen LogP contribution in [0.3, 0.4) is 0 Å². The van der Waals surface area contributed by atoms with Crippen LogP contribution in [0.15, 0.2) is 23.1 Å². The number of nitrogen functional groups attached to an aromatic ring is 1. The van der Waals surface area contributed by atoms with Crippen LogP contribution in [-0.2, 0) is 14.8 Å². The highest BCUT2D eigenvalue weighted by molar-refractivity contribution is 7.89. The van der Waals surface area contributed by atoms with Gasteiger partial charge in [0.25, 0.3) is 0 Å². The monoisotopic (exact) mass is 314 g/mol. The Morgan fingerprint density at radius 2 is 1.90 bits per heavy atom. The molecule has 0 fully saturated rings. The summed E-state index contributed by atoms with van der Waals surface area (Å²) in [6.07, 6.45) is 0. The molecule has 0 atom stereocenters. The summed E-state index contributed by atoms with van der Waals surface area (Å²) in [6.45, 7) is 2.53. The van der Waals surface area contributed by atoms with Crippen LogP contribution < -0.4 is 11.1 Å². The van der Waals surface area contributed by atoms with E-state index in [2.05, 4.69) is 5.32 Å². The van der Waals surface area contributed by atoms with Gasteiger partial charge in [0, 0.05) is 27.7 Å². The Balaban J connectivity index is 2.97. The molecule has 0 bridgehead atoms. The van der Waals surface area contributed by atoms with Gasteiger partial charge in [-0.05, 0) is 25.1 Å². The van der Waals surface area contributed by atoms with E-state index in [4.69, 9.17) is 5.73 Å². The highest BCUT2D eigenvalue weighted by atomic mass is 32.2. The maximum Gasteiger partial charge on any atom is 0.242 e. The van der Waals surface area contributed by atoms with Crippen molar-refractivity contribution in [1.82, 2.24) is 9.21 Å². The first-order valence-electron chi connectivity index (χ1n) is 6.50. The Morgan fingerprint density at radius 3 is 2.43 bits per heavy atom. The average Bonchev–Trinajstić information content (AvgIpc) is 2.44. The minimum atomic E-state index is -3.53. The Hall–Kier alpha value is -1.80. The molecule has 0 heterocycles. The molecule has 0 saturated heterocycles. The molecule has 0 aliphatic heterocycles. The Morgan fingerprint density at radius 1 is 1.29 bits per heavy atom. The number of carbonyl (C=O) groups is 1. The van der Waals surface area contributed by atoms with E-state index in [-0.39, 0.29) is 17.3 Å². The van der Waals surface area contributed by atoms with Crippen molar-refractivity contribution in [3.63, 3.8) is 0 Å². The van der Waals surface area contributed by atoms with Gasteiger partial charge in [-0.15, -0.1) is 0 Å². The summed E-state index contributed by atoms with van der Waals surface area (Å²) >= 11 is 0. The molecule has 3 N–H and O–H groups in total. The molecule has 0 spiro atoms. The van der Waals surface area contributed by atoms with E-state index < -0.39 is 10.0 Å². The van der Waals surface area contributed by atoms with Gasteiger partial charge in [0.15, 0.2) is 0 Å². The quantitative estimate of drug-likeness (QED) is 0.742. The van der Waals surface area contributed by atoms with Crippen molar-refractivity contribution in [1.29, 1.82) is 0 Å². The predicted octanol–water partition coefficient (Wildman–Crippen LogP) is 0.409. The lowest BCUT2D eigenvalue weighted by Gasteiger charge is -2.17. The minimum Gasteiger partial charge on any atom is -0.397 e. The first-order chi connectivity index (χ1) is 9.70.